The van der Waals surface area contributed by atoms with Crippen LogP contribution in [0.25, 0.3) is 6.08 Å². The number of halogens is 1. The summed E-state index contributed by atoms with van der Waals surface area (Å²) in [5, 5.41) is 11.4. The number of hydrogen-bond acceptors (Lipinski definition) is 4. The molecule has 1 saturated carbocycles. The summed E-state index contributed by atoms with van der Waals surface area (Å²) in [7, 11) is 0. The average molecular weight is 413 g/mol. The molecule has 0 atom stereocenters. The molecule has 2 aromatic carbocycles. The zero-order valence-electron chi connectivity index (χ0n) is 15.3. The van der Waals surface area contributed by atoms with Crippen LogP contribution in [0.15, 0.2) is 58.4 Å². The van der Waals surface area contributed by atoms with Crippen LogP contribution < -0.4 is 0 Å². The second-order valence-electron chi connectivity index (χ2n) is 7.01. The number of hydrogen-bond donors (Lipinski definition) is 1. The highest BCUT2D eigenvalue weighted by molar-refractivity contribution is 8.18. The van der Waals surface area contributed by atoms with Crippen LogP contribution in [0.1, 0.15) is 37.7 Å². The van der Waals surface area contributed by atoms with Gasteiger partial charge in [-0.25, -0.2) is 4.99 Å². The Hall–Kier alpha value is -2.24. The first kappa shape index (κ1) is 19.1. The first-order valence-electron chi connectivity index (χ1n) is 9.47. The fourth-order valence-electron chi connectivity index (χ4n) is 3.62. The van der Waals surface area contributed by atoms with E-state index in [1.807, 2.05) is 35.2 Å². The highest BCUT2D eigenvalue weighted by atomic mass is 35.5. The van der Waals surface area contributed by atoms with Gasteiger partial charge in [-0.15, -0.1) is 0 Å². The van der Waals surface area contributed by atoms with Crippen LogP contribution in [0.4, 0.5) is 5.69 Å². The lowest BCUT2D eigenvalue weighted by atomic mass is 9.94. The molecule has 4 nitrogen and oxygen atoms in total. The van der Waals surface area contributed by atoms with Gasteiger partial charge in [-0.2, -0.15) is 0 Å². The number of phenolic OH excluding ortho intramolecular Hbond substituents is 1. The van der Waals surface area contributed by atoms with E-state index < -0.39 is 0 Å². The summed E-state index contributed by atoms with van der Waals surface area (Å²) in [5.74, 6) is 0.0499. The number of rotatable bonds is 3. The maximum atomic E-state index is 13.2. The molecule has 1 heterocycles. The highest BCUT2D eigenvalue weighted by Gasteiger charge is 2.38. The maximum Gasteiger partial charge on any atom is 0.267 e. The Balaban J connectivity index is 1.72. The molecule has 4 rings (SSSR count). The Morgan fingerprint density at radius 3 is 2.61 bits per heavy atom. The van der Waals surface area contributed by atoms with E-state index in [-0.39, 0.29) is 17.7 Å². The number of aliphatic imine (C=N–C) groups is 1. The minimum Gasteiger partial charge on any atom is -0.507 e. The van der Waals surface area contributed by atoms with Crippen molar-refractivity contribution in [2.45, 2.75) is 38.1 Å². The quantitative estimate of drug-likeness (QED) is 0.630. The van der Waals surface area contributed by atoms with Gasteiger partial charge in [0.15, 0.2) is 5.17 Å². The fourth-order valence-corrected chi connectivity index (χ4v) is 4.85. The summed E-state index contributed by atoms with van der Waals surface area (Å²) in [4.78, 5) is 20.4. The lowest BCUT2D eigenvalue weighted by Gasteiger charge is -2.30. The maximum absolute atomic E-state index is 13.2. The van der Waals surface area contributed by atoms with Crippen LogP contribution >= 0.6 is 23.4 Å². The van der Waals surface area contributed by atoms with Crippen molar-refractivity contribution in [3.63, 3.8) is 0 Å². The number of amides is 1. The van der Waals surface area contributed by atoms with E-state index in [4.69, 9.17) is 16.6 Å². The second-order valence-corrected chi connectivity index (χ2v) is 8.46. The first-order valence-corrected chi connectivity index (χ1v) is 10.7. The molecule has 0 radical (unpaired) electrons. The number of phenols is 1. The lowest BCUT2D eigenvalue weighted by Crippen LogP contribution is -2.40. The van der Waals surface area contributed by atoms with Gasteiger partial charge in [-0.05, 0) is 61.0 Å². The molecule has 6 heteroatoms. The number of aromatic hydroxyl groups is 1. The molecule has 1 N–H and O–H groups in total. The summed E-state index contributed by atoms with van der Waals surface area (Å²) in [6, 6.07) is 14.7. The van der Waals surface area contributed by atoms with Gasteiger partial charge >= 0.3 is 0 Å². The molecule has 0 aromatic heterocycles. The van der Waals surface area contributed by atoms with E-state index in [2.05, 4.69) is 0 Å². The van der Waals surface area contributed by atoms with Gasteiger partial charge in [-0.1, -0.05) is 49.1 Å². The van der Waals surface area contributed by atoms with Crippen LogP contribution in [0, 0.1) is 0 Å². The number of benzene rings is 2. The molecule has 0 unspecified atom stereocenters. The van der Waals surface area contributed by atoms with Crippen molar-refractivity contribution in [2.24, 2.45) is 4.99 Å². The zero-order chi connectivity index (χ0) is 19.5. The topological polar surface area (TPSA) is 52.9 Å². The van der Waals surface area contributed by atoms with Crippen molar-refractivity contribution in [3.05, 3.63) is 64.0 Å². The van der Waals surface area contributed by atoms with E-state index in [1.165, 1.54) is 24.2 Å². The Labute approximate surface area is 173 Å². The molecule has 0 spiro atoms. The third kappa shape index (κ3) is 4.10. The predicted octanol–water partition coefficient (Wildman–Crippen LogP) is 5.98. The molecule has 1 saturated heterocycles. The van der Waals surface area contributed by atoms with E-state index in [1.54, 1.807) is 18.2 Å². The summed E-state index contributed by atoms with van der Waals surface area (Å²) in [6.45, 7) is 0. The van der Waals surface area contributed by atoms with Crippen LogP contribution in [-0.2, 0) is 4.79 Å². The van der Waals surface area contributed by atoms with Crippen LogP contribution in [0.5, 0.6) is 5.75 Å². The van der Waals surface area contributed by atoms with Crippen LogP contribution in [0.2, 0.25) is 5.02 Å². The van der Waals surface area contributed by atoms with Gasteiger partial charge in [-0.3, -0.25) is 9.69 Å². The first-order chi connectivity index (χ1) is 13.6. The Bertz CT molecular complexity index is 937. The Kier molecular flexibility index (Phi) is 5.74. The third-order valence-corrected chi connectivity index (χ3v) is 6.25. The molecule has 2 aromatic rings. The van der Waals surface area contributed by atoms with Crippen LogP contribution in [-0.4, -0.2) is 27.1 Å². The van der Waals surface area contributed by atoms with Gasteiger partial charge < -0.3 is 5.11 Å². The summed E-state index contributed by atoms with van der Waals surface area (Å²) in [5.41, 5.74) is 1.36. The summed E-state index contributed by atoms with van der Waals surface area (Å²) < 4.78 is 0. The SMILES string of the molecule is O=C1/C(=C\c2cc(Cl)ccc2O)SC(=Nc2ccccc2)N1C1CCCCC1. The van der Waals surface area contributed by atoms with Gasteiger partial charge in [0.2, 0.25) is 0 Å². The molecular formula is C22H21ClN2O2S. The standard InChI is InChI=1S/C22H21ClN2O2S/c23-16-11-12-19(26)15(13-16)14-20-21(27)25(18-9-5-2-6-10-18)22(28-20)24-17-7-3-1-4-8-17/h1,3-4,7-8,11-14,18,26H,2,5-6,9-10H2/b20-14+,24-22?. The second kappa shape index (κ2) is 8.41. The highest BCUT2D eigenvalue weighted by Crippen LogP contribution is 2.39. The smallest absolute Gasteiger partial charge is 0.267 e. The van der Waals surface area contributed by atoms with Crippen LogP contribution in [0.3, 0.4) is 0 Å². The van der Waals surface area contributed by atoms with Gasteiger partial charge in [0.05, 0.1) is 10.6 Å². The number of carbonyl (C=O) groups is 1. The molecule has 144 valence electrons. The molecule has 1 aliphatic heterocycles. The van der Waals surface area contributed by atoms with Crippen molar-refractivity contribution in [1.29, 1.82) is 0 Å². The number of amidine groups is 1. The third-order valence-electron chi connectivity index (χ3n) is 5.03. The number of nitrogens with zero attached hydrogens (tertiary/aromatic N) is 2. The van der Waals surface area contributed by atoms with Gasteiger partial charge in [0.25, 0.3) is 5.91 Å². The van der Waals surface area contributed by atoms with E-state index in [0.717, 1.165) is 31.4 Å². The van der Waals surface area contributed by atoms with Crippen molar-refractivity contribution < 1.29 is 9.90 Å². The minimum atomic E-state index is -0.0500. The van der Waals surface area contributed by atoms with Gasteiger partial charge in [0, 0.05) is 16.6 Å². The Morgan fingerprint density at radius 1 is 1.11 bits per heavy atom. The van der Waals surface area contributed by atoms with E-state index >= 15 is 0 Å². The van der Waals surface area contributed by atoms with Gasteiger partial charge in [0.1, 0.15) is 5.75 Å². The molecule has 0 bridgehead atoms. The van der Waals surface area contributed by atoms with E-state index in [9.17, 15) is 9.90 Å². The average Bonchev–Trinajstić information content (AvgIpc) is 3.01. The molecular weight excluding hydrogens is 392 g/mol. The van der Waals surface area contributed by atoms with E-state index in [0.29, 0.717) is 20.7 Å². The van der Waals surface area contributed by atoms with Crippen molar-refractivity contribution in [2.75, 3.05) is 0 Å². The predicted molar refractivity (Wildman–Crippen MR) is 116 cm³/mol. The lowest BCUT2D eigenvalue weighted by molar-refractivity contribution is -0.124. The largest absolute Gasteiger partial charge is 0.507 e. The summed E-state index contributed by atoms with van der Waals surface area (Å²) in [6.07, 6.45) is 7.18. The molecule has 1 aliphatic carbocycles. The summed E-state index contributed by atoms with van der Waals surface area (Å²) >= 11 is 7.42. The normalized spacial score (nSPS) is 21.0. The number of carbonyl (C=O) groups excluding carboxylic acids is 1. The molecule has 1 amide bonds. The molecule has 28 heavy (non-hydrogen) atoms. The molecule has 2 fully saturated rings. The Morgan fingerprint density at radius 2 is 1.86 bits per heavy atom. The molecule has 2 aliphatic rings. The van der Waals surface area contributed by atoms with Crippen molar-refractivity contribution in [1.82, 2.24) is 4.90 Å². The number of thioether (sulfide) groups is 1. The zero-order valence-corrected chi connectivity index (χ0v) is 16.9. The fraction of sp³-hybridized carbons (Fsp3) is 0.273. The number of para-hydroxylation sites is 1. The van der Waals surface area contributed by atoms with Crippen molar-refractivity contribution in [3.8, 4) is 5.75 Å². The van der Waals surface area contributed by atoms with Crippen molar-refractivity contribution >= 4 is 46.2 Å². The monoisotopic (exact) mass is 412 g/mol. The minimum absolute atomic E-state index is 0.0500.